The van der Waals surface area contributed by atoms with Crippen molar-refractivity contribution in [2.75, 3.05) is 38.3 Å². The average molecular weight is 574 g/mol. The molecule has 186 valence electrons. The van der Waals surface area contributed by atoms with Gasteiger partial charge in [-0.05, 0) is 51.3 Å². The summed E-state index contributed by atoms with van der Waals surface area (Å²) in [6.45, 7) is 1.63. The maximum atomic E-state index is 12.7. The van der Waals surface area contributed by atoms with Crippen molar-refractivity contribution in [2.24, 2.45) is 0 Å². The Labute approximate surface area is 221 Å². The molecule has 3 heterocycles. The fraction of sp³-hybridized carbons (Fsp3) is 0.333. The summed E-state index contributed by atoms with van der Waals surface area (Å²) in [4.78, 5) is 19.5. The number of rotatable bonds is 9. The lowest BCUT2D eigenvalue weighted by atomic mass is 10.1. The van der Waals surface area contributed by atoms with E-state index in [0.29, 0.717) is 37.1 Å². The number of hydrogen-bond donors (Lipinski definition) is 2. The van der Waals surface area contributed by atoms with Gasteiger partial charge in [0.15, 0.2) is 14.2 Å². The summed E-state index contributed by atoms with van der Waals surface area (Å²) in [5.41, 5.74) is 1.09. The van der Waals surface area contributed by atoms with Gasteiger partial charge in [-0.25, -0.2) is 8.42 Å². The predicted octanol–water partition coefficient (Wildman–Crippen LogP) is 4.01. The molecule has 2 aromatic heterocycles. The third kappa shape index (κ3) is 6.31. The second-order valence-electron chi connectivity index (χ2n) is 8.06. The third-order valence-electron chi connectivity index (χ3n) is 5.14. The topological polar surface area (TPSA) is 117 Å². The van der Waals surface area contributed by atoms with Crippen molar-refractivity contribution in [3.05, 3.63) is 51.2 Å². The van der Waals surface area contributed by atoms with Gasteiger partial charge in [-0.15, -0.1) is 10.2 Å². The Morgan fingerprint density at radius 3 is 2.69 bits per heavy atom. The van der Waals surface area contributed by atoms with Crippen LogP contribution in [0.15, 0.2) is 44.7 Å². The molecule has 1 aromatic carbocycles. The van der Waals surface area contributed by atoms with Crippen LogP contribution in [-0.4, -0.2) is 67.3 Å². The molecule has 1 aliphatic rings. The smallest absolute Gasteiger partial charge is 0.286 e. The molecule has 2 N–H and O–H groups in total. The highest BCUT2D eigenvalue weighted by molar-refractivity contribution is 8.01. The molecular formula is C21H22Cl2N6O3S3. The van der Waals surface area contributed by atoms with Crippen molar-refractivity contribution in [3.8, 4) is 0 Å². The highest BCUT2D eigenvalue weighted by atomic mass is 35.5. The van der Waals surface area contributed by atoms with Gasteiger partial charge in [0.2, 0.25) is 5.01 Å². The van der Waals surface area contributed by atoms with E-state index in [1.807, 2.05) is 14.1 Å². The Morgan fingerprint density at radius 1 is 1.23 bits per heavy atom. The minimum absolute atomic E-state index is 0.00118. The molecule has 0 radical (unpaired) electrons. The Kier molecular flexibility index (Phi) is 8.31. The minimum atomic E-state index is -3.45. The molecule has 3 aromatic rings. The number of sulfone groups is 1. The summed E-state index contributed by atoms with van der Waals surface area (Å²) in [6.07, 6.45) is 3.85. The summed E-state index contributed by atoms with van der Waals surface area (Å²) in [5.74, 6) is -0.492. The van der Waals surface area contributed by atoms with Gasteiger partial charge in [-0.3, -0.25) is 9.78 Å². The number of anilines is 1. The molecule has 0 bridgehead atoms. The lowest BCUT2D eigenvalue weighted by Crippen LogP contribution is -2.26. The Bertz CT molecular complexity index is 1330. The van der Waals surface area contributed by atoms with E-state index in [-0.39, 0.29) is 21.7 Å². The first-order valence-electron chi connectivity index (χ1n) is 10.5. The summed E-state index contributed by atoms with van der Waals surface area (Å²) >= 11 is 14.5. The third-order valence-corrected chi connectivity index (χ3v) is 9.85. The molecule has 0 saturated heterocycles. The molecule has 1 amide bonds. The Hall–Kier alpha value is -1.80. The van der Waals surface area contributed by atoms with E-state index in [0.717, 1.165) is 24.3 Å². The van der Waals surface area contributed by atoms with Crippen molar-refractivity contribution in [2.45, 2.75) is 26.6 Å². The van der Waals surface area contributed by atoms with Gasteiger partial charge in [0, 0.05) is 24.1 Å². The molecule has 1 aliphatic heterocycles. The van der Waals surface area contributed by atoms with Crippen LogP contribution in [0.25, 0.3) is 0 Å². The molecule has 0 spiro atoms. The van der Waals surface area contributed by atoms with Crippen molar-refractivity contribution in [1.82, 2.24) is 25.4 Å². The number of nitrogens with one attached hydrogen (secondary N) is 2. The molecule has 1 atom stereocenters. The zero-order valence-corrected chi connectivity index (χ0v) is 22.7. The van der Waals surface area contributed by atoms with Crippen molar-refractivity contribution < 1.29 is 13.2 Å². The zero-order valence-electron chi connectivity index (χ0n) is 18.8. The first-order valence-corrected chi connectivity index (χ1v) is 14.5. The number of fused-ring (bicyclic) bond motifs is 1. The molecule has 0 fully saturated rings. The average Bonchev–Trinajstić information content (AvgIpc) is 3.36. The first-order chi connectivity index (χ1) is 16.6. The quantitative estimate of drug-likeness (QED) is 0.366. The van der Waals surface area contributed by atoms with Crippen molar-refractivity contribution >= 4 is 67.7 Å². The monoisotopic (exact) mass is 572 g/mol. The first kappa shape index (κ1) is 26.3. The normalized spacial score (nSPS) is 16.4. The Balaban J connectivity index is 1.44. The SMILES string of the molecule is CN(C)CCCNC1CS(=O)(=O)c2cc(NC(=O)c3nnc(Sc4c(Cl)cncc4Cl)s3)ccc21. The highest BCUT2D eigenvalue weighted by Crippen LogP contribution is 2.39. The van der Waals surface area contributed by atoms with Gasteiger partial charge in [0.1, 0.15) is 0 Å². The van der Waals surface area contributed by atoms with Gasteiger partial charge in [0.25, 0.3) is 5.91 Å². The standard InChI is InChI=1S/C21H22Cl2N6O3S3/c1-29(2)7-3-6-25-16-11-35(31,32)17-8-12(4-5-13(16)17)26-19(30)20-27-28-21(34-20)33-18-14(22)9-24-10-15(18)23/h4-5,8-10,16,25H,3,6-7,11H2,1-2H3,(H,26,30). The fourth-order valence-electron chi connectivity index (χ4n) is 3.52. The number of benzene rings is 1. The lowest BCUT2D eigenvalue weighted by molar-refractivity contribution is 0.102. The van der Waals surface area contributed by atoms with Crippen molar-refractivity contribution in [1.29, 1.82) is 0 Å². The molecule has 14 heteroatoms. The van der Waals surface area contributed by atoms with Crippen LogP contribution in [0.5, 0.6) is 0 Å². The van der Waals surface area contributed by atoms with Crippen LogP contribution >= 0.6 is 46.3 Å². The van der Waals surface area contributed by atoms with Crippen LogP contribution in [0.1, 0.15) is 27.8 Å². The lowest BCUT2D eigenvalue weighted by Gasteiger charge is -2.14. The number of pyridine rings is 1. The van der Waals surface area contributed by atoms with E-state index in [1.165, 1.54) is 30.2 Å². The fourth-order valence-corrected chi connectivity index (χ4v) is 7.59. The van der Waals surface area contributed by atoms with Crippen LogP contribution in [0, 0.1) is 0 Å². The number of carbonyl (C=O) groups is 1. The van der Waals surface area contributed by atoms with E-state index in [2.05, 4.69) is 30.7 Å². The van der Waals surface area contributed by atoms with Crippen LogP contribution in [0.3, 0.4) is 0 Å². The summed E-state index contributed by atoms with van der Waals surface area (Å²) in [7, 11) is 0.545. The molecule has 1 unspecified atom stereocenters. The number of nitrogens with zero attached hydrogens (tertiary/aromatic N) is 4. The van der Waals surface area contributed by atoms with E-state index in [4.69, 9.17) is 23.2 Å². The van der Waals surface area contributed by atoms with Crippen LogP contribution in [0.2, 0.25) is 10.0 Å². The van der Waals surface area contributed by atoms with Gasteiger partial charge in [-0.2, -0.15) is 0 Å². The maximum Gasteiger partial charge on any atom is 0.286 e. The van der Waals surface area contributed by atoms with E-state index in [1.54, 1.807) is 12.1 Å². The number of carbonyl (C=O) groups excluding carboxylic acids is 1. The second kappa shape index (κ2) is 11.1. The summed E-state index contributed by atoms with van der Waals surface area (Å²) in [6, 6.07) is 4.67. The van der Waals surface area contributed by atoms with Crippen LogP contribution in [-0.2, 0) is 9.84 Å². The molecule has 4 rings (SSSR count). The maximum absolute atomic E-state index is 12.7. The van der Waals surface area contributed by atoms with Gasteiger partial charge >= 0.3 is 0 Å². The number of amides is 1. The van der Waals surface area contributed by atoms with Crippen LogP contribution < -0.4 is 10.6 Å². The summed E-state index contributed by atoms with van der Waals surface area (Å²) in [5, 5.41) is 14.9. The van der Waals surface area contributed by atoms with E-state index < -0.39 is 15.7 Å². The van der Waals surface area contributed by atoms with Crippen molar-refractivity contribution in [3.63, 3.8) is 0 Å². The Morgan fingerprint density at radius 2 is 1.97 bits per heavy atom. The molecule has 35 heavy (non-hydrogen) atoms. The highest BCUT2D eigenvalue weighted by Gasteiger charge is 2.34. The number of hydrogen-bond acceptors (Lipinski definition) is 10. The molecule has 0 aliphatic carbocycles. The van der Waals surface area contributed by atoms with Gasteiger partial charge in [0.05, 0.1) is 25.6 Å². The van der Waals surface area contributed by atoms with E-state index >= 15 is 0 Å². The molecule has 9 nitrogen and oxygen atoms in total. The largest absolute Gasteiger partial charge is 0.320 e. The predicted molar refractivity (Wildman–Crippen MR) is 139 cm³/mol. The second-order valence-corrected chi connectivity index (χ2v) is 13.1. The zero-order chi connectivity index (χ0) is 25.2. The summed E-state index contributed by atoms with van der Waals surface area (Å²) < 4.78 is 25.9. The van der Waals surface area contributed by atoms with Crippen LogP contribution in [0.4, 0.5) is 5.69 Å². The molecular weight excluding hydrogens is 551 g/mol. The number of halogens is 2. The van der Waals surface area contributed by atoms with Gasteiger partial charge in [-0.1, -0.05) is 52.4 Å². The molecule has 0 saturated carbocycles. The van der Waals surface area contributed by atoms with Gasteiger partial charge < -0.3 is 15.5 Å². The minimum Gasteiger partial charge on any atom is -0.320 e. The number of aromatic nitrogens is 3. The van der Waals surface area contributed by atoms with E-state index in [9.17, 15) is 13.2 Å².